The van der Waals surface area contributed by atoms with Gasteiger partial charge in [0.1, 0.15) is 0 Å². The van der Waals surface area contributed by atoms with E-state index in [1.165, 1.54) is 0 Å². The molecule has 1 aliphatic rings. The minimum Gasteiger partial charge on any atom is -0.435 e. The highest BCUT2D eigenvalue weighted by Gasteiger charge is 2.38. The predicted octanol–water partition coefficient (Wildman–Crippen LogP) is 0.301. The number of hydrogen-bond donors (Lipinski definition) is 1. The molecule has 1 fully saturated rings. The molecule has 3 atom stereocenters. The Hall–Kier alpha value is 0.160. The maximum absolute atomic E-state index is 10.6. The van der Waals surface area contributed by atoms with Crippen LogP contribution in [0.15, 0.2) is 0 Å². The van der Waals surface area contributed by atoms with Crippen molar-refractivity contribution in [3.05, 3.63) is 0 Å². The molecular weight excluding hydrogens is 235 g/mol. The molecule has 0 amide bonds. The molecule has 0 saturated carbocycles. The Morgan fingerprint density at radius 2 is 2.33 bits per heavy atom. The lowest BCUT2D eigenvalue weighted by Crippen LogP contribution is -2.17. The Bertz CT molecular complexity index is 136. The van der Waals surface area contributed by atoms with E-state index in [1.807, 2.05) is 22.6 Å². The summed E-state index contributed by atoms with van der Waals surface area (Å²) in [5.74, 6) is -0.470. The van der Waals surface area contributed by atoms with Crippen LogP contribution in [-0.4, -0.2) is 21.3 Å². The van der Waals surface area contributed by atoms with Crippen LogP contribution in [0.3, 0.4) is 0 Å². The summed E-state index contributed by atoms with van der Waals surface area (Å²) >= 11 is 2.00. The van der Waals surface area contributed by atoms with Gasteiger partial charge >= 0.3 is 5.97 Å². The second-order valence-corrected chi connectivity index (χ2v) is 3.50. The van der Waals surface area contributed by atoms with Gasteiger partial charge < -0.3 is 9.84 Å². The van der Waals surface area contributed by atoms with Crippen LogP contribution in [-0.2, 0) is 9.53 Å². The quantitative estimate of drug-likeness (QED) is 0.377. The molecule has 0 bridgehead atoms. The van der Waals surface area contributed by atoms with Gasteiger partial charge in [0, 0.05) is 0 Å². The monoisotopic (exact) mass is 242 g/mol. The van der Waals surface area contributed by atoms with Gasteiger partial charge in [-0.1, -0.05) is 29.5 Å². The number of carbonyl (C=O) groups is 1. The van der Waals surface area contributed by atoms with Crippen molar-refractivity contribution >= 4 is 28.6 Å². The van der Waals surface area contributed by atoms with Crippen molar-refractivity contribution in [2.24, 2.45) is 5.92 Å². The average molecular weight is 242 g/mol. The van der Waals surface area contributed by atoms with Crippen molar-refractivity contribution in [2.75, 3.05) is 0 Å². The smallest absolute Gasteiger partial charge is 0.312 e. The first-order chi connectivity index (χ1) is 4.13. The topological polar surface area (TPSA) is 46.5 Å². The largest absolute Gasteiger partial charge is 0.435 e. The third kappa shape index (κ3) is 1.19. The molecule has 0 radical (unpaired) electrons. The van der Waals surface area contributed by atoms with Gasteiger partial charge in [0.2, 0.25) is 6.29 Å². The molecule has 1 saturated heterocycles. The van der Waals surface area contributed by atoms with Gasteiger partial charge in [-0.05, 0) is 0 Å². The summed E-state index contributed by atoms with van der Waals surface area (Å²) in [5.41, 5.74) is 0. The summed E-state index contributed by atoms with van der Waals surface area (Å²) in [6.07, 6.45) is -0.895. The SMILES string of the molecule is CC1C(=O)OC(O)C1I. The summed E-state index contributed by atoms with van der Waals surface area (Å²) < 4.78 is 4.41. The summed E-state index contributed by atoms with van der Waals surface area (Å²) in [6.45, 7) is 1.75. The average Bonchev–Trinajstić information content (AvgIpc) is 1.98. The predicted molar refractivity (Wildman–Crippen MR) is 39.1 cm³/mol. The Morgan fingerprint density at radius 1 is 1.78 bits per heavy atom. The Kier molecular flexibility index (Phi) is 1.95. The van der Waals surface area contributed by atoms with Crippen molar-refractivity contribution in [1.29, 1.82) is 0 Å². The van der Waals surface area contributed by atoms with Crippen LogP contribution in [0.1, 0.15) is 6.92 Å². The molecule has 9 heavy (non-hydrogen) atoms. The van der Waals surface area contributed by atoms with Crippen LogP contribution in [0.25, 0.3) is 0 Å². The van der Waals surface area contributed by atoms with Gasteiger partial charge in [-0.15, -0.1) is 0 Å². The number of cyclic esters (lactones) is 1. The molecule has 1 aliphatic heterocycles. The molecule has 52 valence electrons. The standard InChI is InChI=1S/C5H7IO3/c1-2-3(6)5(8)9-4(2)7/h2-3,5,8H,1H3. The second kappa shape index (κ2) is 2.42. The fourth-order valence-corrected chi connectivity index (χ4v) is 1.11. The van der Waals surface area contributed by atoms with Crippen LogP contribution in [0.2, 0.25) is 0 Å². The summed E-state index contributed by atoms with van der Waals surface area (Å²) in [7, 11) is 0. The second-order valence-electron chi connectivity index (χ2n) is 2.06. The highest BCUT2D eigenvalue weighted by atomic mass is 127. The maximum Gasteiger partial charge on any atom is 0.312 e. The zero-order valence-electron chi connectivity index (χ0n) is 4.87. The van der Waals surface area contributed by atoms with E-state index in [1.54, 1.807) is 6.92 Å². The van der Waals surface area contributed by atoms with Gasteiger partial charge in [0.25, 0.3) is 0 Å². The Labute approximate surface area is 66.5 Å². The molecule has 1 N–H and O–H groups in total. The van der Waals surface area contributed by atoms with Crippen molar-refractivity contribution in [2.45, 2.75) is 17.1 Å². The van der Waals surface area contributed by atoms with Crippen LogP contribution in [0, 0.1) is 5.92 Å². The molecule has 0 aromatic carbocycles. The minimum absolute atomic E-state index is 0.0879. The molecule has 0 aromatic heterocycles. The van der Waals surface area contributed by atoms with Crippen LogP contribution in [0.4, 0.5) is 0 Å². The number of aliphatic hydroxyl groups is 1. The van der Waals surface area contributed by atoms with E-state index >= 15 is 0 Å². The van der Waals surface area contributed by atoms with Crippen molar-refractivity contribution in [3.63, 3.8) is 0 Å². The highest BCUT2D eigenvalue weighted by Crippen LogP contribution is 2.26. The normalized spacial score (nSPS) is 43.0. The molecule has 0 aliphatic carbocycles. The lowest BCUT2D eigenvalue weighted by Gasteiger charge is -2.03. The molecule has 4 heteroatoms. The molecule has 0 spiro atoms. The summed E-state index contributed by atoms with van der Waals surface area (Å²) in [5, 5.41) is 8.89. The Morgan fingerprint density at radius 3 is 2.44 bits per heavy atom. The third-order valence-corrected chi connectivity index (χ3v) is 3.05. The van der Waals surface area contributed by atoms with E-state index in [4.69, 9.17) is 5.11 Å². The van der Waals surface area contributed by atoms with Crippen molar-refractivity contribution < 1.29 is 14.6 Å². The van der Waals surface area contributed by atoms with Gasteiger partial charge in [-0.3, -0.25) is 4.79 Å². The first-order valence-corrected chi connectivity index (χ1v) is 3.90. The lowest BCUT2D eigenvalue weighted by atomic mass is 10.1. The first-order valence-electron chi connectivity index (χ1n) is 2.65. The number of alkyl halides is 1. The molecule has 3 nitrogen and oxygen atoms in total. The Balaban J connectivity index is 2.65. The van der Waals surface area contributed by atoms with E-state index in [0.717, 1.165) is 0 Å². The summed E-state index contributed by atoms with van der Waals surface area (Å²) in [4.78, 5) is 10.6. The number of ether oxygens (including phenoxy) is 1. The van der Waals surface area contributed by atoms with E-state index in [0.29, 0.717) is 0 Å². The van der Waals surface area contributed by atoms with Crippen molar-refractivity contribution in [3.8, 4) is 0 Å². The number of rotatable bonds is 0. The van der Waals surface area contributed by atoms with E-state index < -0.39 is 6.29 Å². The van der Waals surface area contributed by atoms with Crippen LogP contribution >= 0.6 is 22.6 Å². The van der Waals surface area contributed by atoms with Gasteiger partial charge in [0.15, 0.2) is 0 Å². The first kappa shape index (κ1) is 7.27. The zero-order chi connectivity index (χ0) is 7.02. The third-order valence-electron chi connectivity index (χ3n) is 1.36. The highest BCUT2D eigenvalue weighted by molar-refractivity contribution is 14.1. The zero-order valence-corrected chi connectivity index (χ0v) is 7.03. The van der Waals surface area contributed by atoms with Gasteiger partial charge in [-0.25, -0.2) is 0 Å². The summed E-state index contributed by atoms with van der Waals surface area (Å²) in [6, 6.07) is 0. The minimum atomic E-state index is -0.895. The van der Waals surface area contributed by atoms with E-state index in [-0.39, 0.29) is 15.8 Å². The molecule has 3 unspecified atom stereocenters. The number of halogens is 1. The lowest BCUT2D eigenvalue weighted by molar-refractivity contribution is -0.154. The van der Waals surface area contributed by atoms with Crippen LogP contribution in [0.5, 0.6) is 0 Å². The van der Waals surface area contributed by atoms with Gasteiger partial charge in [-0.2, -0.15) is 0 Å². The maximum atomic E-state index is 10.6. The van der Waals surface area contributed by atoms with Gasteiger partial charge in [0.05, 0.1) is 9.84 Å². The van der Waals surface area contributed by atoms with E-state index in [9.17, 15) is 4.79 Å². The van der Waals surface area contributed by atoms with Crippen LogP contribution < -0.4 is 0 Å². The number of carbonyl (C=O) groups excluding carboxylic acids is 1. The molecule has 1 rings (SSSR count). The number of esters is 1. The number of aliphatic hydroxyl groups excluding tert-OH is 1. The molecular formula is C5H7IO3. The van der Waals surface area contributed by atoms with E-state index in [2.05, 4.69) is 4.74 Å². The molecule has 1 heterocycles. The van der Waals surface area contributed by atoms with Crippen molar-refractivity contribution in [1.82, 2.24) is 0 Å². The fourth-order valence-electron chi connectivity index (χ4n) is 0.668. The number of hydrogen-bond acceptors (Lipinski definition) is 3. The molecule has 0 aromatic rings. The fraction of sp³-hybridized carbons (Fsp3) is 0.800.